The number of esters is 1. The molecule has 0 atom stereocenters. The molecule has 0 N–H and O–H groups in total. The molecule has 0 radical (unpaired) electrons. The first-order valence-corrected chi connectivity index (χ1v) is 5.91. The molecule has 0 bridgehead atoms. The molecule has 0 fully saturated rings. The van der Waals surface area contributed by atoms with Gasteiger partial charge < -0.3 is 9.15 Å². The fourth-order valence-electron chi connectivity index (χ4n) is 1.68. The molecule has 4 heteroatoms. The lowest BCUT2D eigenvalue weighted by Crippen LogP contribution is -2.08. The molecule has 1 heterocycles. The van der Waals surface area contributed by atoms with Crippen molar-refractivity contribution in [3.63, 3.8) is 0 Å². The highest BCUT2D eigenvalue weighted by Gasteiger charge is 2.10. The first-order chi connectivity index (χ1) is 8.63. The Bertz CT molecular complexity index is 640. The molecular weight excluding hydrogens is 232 g/mol. The van der Waals surface area contributed by atoms with Crippen LogP contribution in [0, 0.1) is 0 Å². The minimum absolute atomic E-state index is 0.259. The number of hydrogen-bond acceptors (Lipinski definition) is 4. The van der Waals surface area contributed by atoms with Gasteiger partial charge in [0.1, 0.15) is 11.3 Å². The molecule has 2 aromatic rings. The molecular formula is C14H14O4. The number of carbonyl (C=O) groups is 1. The van der Waals surface area contributed by atoms with Crippen LogP contribution >= 0.6 is 0 Å². The minimum Gasteiger partial charge on any atom is -0.425 e. The van der Waals surface area contributed by atoms with Crippen LogP contribution < -0.4 is 10.4 Å². The van der Waals surface area contributed by atoms with E-state index in [1.807, 2.05) is 13.0 Å². The third-order valence-electron chi connectivity index (χ3n) is 2.69. The van der Waals surface area contributed by atoms with Gasteiger partial charge in [0.25, 0.3) is 0 Å². The van der Waals surface area contributed by atoms with E-state index in [0.29, 0.717) is 11.0 Å². The van der Waals surface area contributed by atoms with Gasteiger partial charge in [0.15, 0.2) is 0 Å². The van der Waals surface area contributed by atoms with Gasteiger partial charge in [-0.15, -0.1) is 0 Å². The molecule has 0 aliphatic heterocycles. The molecule has 18 heavy (non-hydrogen) atoms. The zero-order valence-corrected chi connectivity index (χ0v) is 10.4. The lowest BCUT2D eigenvalue weighted by molar-refractivity contribution is -0.133. The molecule has 0 saturated carbocycles. The van der Waals surface area contributed by atoms with E-state index in [2.05, 4.69) is 0 Å². The van der Waals surface area contributed by atoms with Crippen LogP contribution in [0.2, 0.25) is 0 Å². The van der Waals surface area contributed by atoms with E-state index in [1.54, 1.807) is 19.1 Å². The summed E-state index contributed by atoms with van der Waals surface area (Å²) in [6.45, 7) is 3.71. The molecule has 0 spiro atoms. The van der Waals surface area contributed by atoms with E-state index < -0.39 is 5.63 Å². The Labute approximate surface area is 104 Å². The largest absolute Gasteiger partial charge is 0.425 e. The van der Waals surface area contributed by atoms with E-state index in [9.17, 15) is 9.59 Å². The maximum absolute atomic E-state index is 11.4. The summed E-state index contributed by atoms with van der Waals surface area (Å²) >= 11 is 0. The Morgan fingerprint density at radius 1 is 1.28 bits per heavy atom. The normalized spacial score (nSPS) is 10.6. The smallest absolute Gasteiger partial charge is 0.339 e. The zero-order valence-electron chi connectivity index (χ0n) is 10.4. The van der Waals surface area contributed by atoms with Crippen molar-refractivity contribution in [3.05, 3.63) is 40.2 Å². The Kier molecular flexibility index (Phi) is 3.46. The Balaban J connectivity index is 2.58. The first-order valence-electron chi connectivity index (χ1n) is 5.91. The lowest BCUT2D eigenvalue weighted by Gasteiger charge is -2.06. The molecule has 0 amide bonds. The average molecular weight is 246 g/mol. The number of carbonyl (C=O) groups excluding carboxylic acids is 1. The molecule has 1 aromatic heterocycles. The van der Waals surface area contributed by atoms with Crippen molar-refractivity contribution >= 4 is 16.9 Å². The average Bonchev–Trinajstić information content (AvgIpc) is 2.37. The van der Waals surface area contributed by atoms with Gasteiger partial charge >= 0.3 is 11.6 Å². The molecule has 2 rings (SSSR count). The maximum Gasteiger partial charge on any atom is 0.339 e. The highest BCUT2D eigenvalue weighted by Crippen LogP contribution is 2.25. The molecule has 1 aromatic carbocycles. The van der Waals surface area contributed by atoms with Crippen molar-refractivity contribution < 1.29 is 13.9 Å². The van der Waals surface area contributed by atoms with E-state index in [0.717, 1.165) is 12.0 Å². The summed E-state index contributed by atoms with van der Waals surface area (Å²) < 4.78 is 10.2. The monoisotopic (exact) mass is 246 g/mol. The van der Waals surface area contributed by atoms with Gasteiger partial charge in [-0.05, 0) is 24.1 Å². The van der Waals surface area contributed by atoms with Crippen molar-refractivity contribution in [1.82, 2.24) is 0 Å². The summed E-state index contributed by atoms with van der Waals surface area (Å²) in [7, 11) is 0. The van der Waals surface area contributed by atoms with Gasteiger partial charge in [0.2, 0.25) is 0 Å². The zero-order chi connectivity index (χ0) is 13.1. The fourth-order valence-corrected chi connectivity index (χ4v) is 1.68. The van der Waals surface area contributed by atoms with Crippen LogP contribution in [-0.4, -0.2) is 5.97 Å². The van der Waals surface area contributed by atoms with Crippen molar-refractivity contribution in [1.29, 1.82) is 0 Å². The van der Waals surface area contributed by atoms with E-state index >= 15 is 0 Å². The van der Waals surface area contributed by atoms with Crippen LogP contribution in [-0.2, 0) is 11.2 Å². The van der Waals surface area contributed by atoms with Crippen LogP contribution in [0.4, 0.5) is 0 Å². The van der Waals surface area contributed by atoms with Gasteiger partial charge in [0, 0.05) is 6.42 Å². The number of aryl methyl sites for hydroxylation is 1. The van der Waals surface area contributed by atoms with Gasteiger partial charge in [-0.1, -0.05) is 19.9 Å². The maximum atomic E-state index is 11.4. The third-order valence-corrected chi connectivity index (χ3v) is 2.69. The number of benzene rings is 1. The lowest BCUT2D eigenvalue weighted by atomic mass is 10.1. The van der Waals surface area contributed by atoms with Crippen molar-refractivity contribution in [2.24, 2.45) is 0 Å². The van der Waals surface area contributed by atoms with E-state index in [-0.39, 0.29) is 18.1 Å². The molecule has 0 saturated heterocycles. The first kappa shape index (κ1) is 12.4. The van der Waals surface area contributed by atoms with Gasteiger partial charge in [-0.3, -0.25) is 4.79 Å². The standard InChI is InChI=1S/C14H14O4/c1-3-9-5-6-10-11(7-9)18-14(16)8-12(10)17-13(15)4-2/h5-8H,3-4H2,1-2H3. The van der Waals surface area contributed by atoms with Crippen molar-refractivity contribution in [2.45, 2.75) is 26.7 Å². The van der Waals surface area contributed by atoms with Crippen LogP contribution in [0.3, 0.4) is 0 Å². The summed E-state index contributed by atoms with van der Waals surface area (Å²) in [5.74, 6) is -0.114. The second-order valence-electron chi connectivity index (χ2n) is 3.94. The highest BCUT2D eigenvalue weighted by atomic mass is 16.5. The Morgan fingerprint density at radius 2 is 2.06 bits per heavy atom. The number of fused-ring (bicyclic) bond motifs is 1. The van der Waals surface area contributed by atoms with Crippen LogP contribution in [0.25, 0.3) is 11.0 Å². The second-order valence-corrected chi connectivity index (χ2v) is 3.94. The Morgan fingerprint density at radius 3 is 2.72 bits per heavy atom. The van der Waals surface area contributed by atoms with Crippen LogP contribution in [0.15, 0.2) is 33.5 Å². The Hall–Kier alpha value is -2.10. The summed E-state index contributed by atoms with van der Waals surface area (Å²) in [6, 6.07) is 6.71. The van der Waals surface area contributed by atoms with E-state index in [4.69, 9.17) is 9.15 Å². The molecule has 4 nitrogen and oxygen atoms in total. The molecule has 0 unspecified atom stereocenters. The summed E-state index contributed by atoms with van der Waals surface area (Å²) in [6.07, 6.45) is 1.10. The number of rotatable bonds is 3. The van der Waals surface area contributed by atoms with Gasteiger partial charge in [-0.2, -0.15) is 0 Å². The van der Waals surface area contributed by atoms with Crippen molar-refractivity contribution in [3.8, 4) is 5.75 Å². The quantitative estimate of drug-likeness (QED) is 0.617. The number of hydrogen-bond donors (Lipinski definition) is 0. The van der Waals surface area contributed by atoms with Gasteiger partial charge in [-0.25, -0.2) is 4.79 Å². The highest BCUT2D eigenvalue weighted by molar-refractivity contribution is 5.86. The molecule has 94 valence electrons. The predicted octanol–water partition coefficient (Wildman–Crippen LogP) is 2.67. The SMILES string of the molecule is CCC(=O)Oc1cc(=O)oc2cc(CC)ccc12. The van der Waals surface area contributed by atoms with E-state index in [1.165, 1.54) is 6.07 Å². The van der Waals surface area contributed by atoms with Gasteiger partial charge in [0.05, 0.1) is 11.5 Å². The van der Waals surface area contributed by atoms with Crippen LogP contribution in [0.5, 0.6) is 5.75 Å². The third kappa shape index (κ3) is 2.42. The molecule has 0 aliphatic carbocycles. The topological polar surface area (TPSA) is 56.5 Å². The number of ether oxygens (including phenoxy) is 1. The van der Waals surface area contributed by atoms with Crippen molar-refractivity contribution in [2.75, 3.05) is 0 Å². The predicted molar refractivity (Wildman–Crippen MR) is 67.8 cm³/mol. The second kappa shape index (κ2) is 5.04. The van der Waals surface area contributed by atoms with Crippen LogP contribution in [0.1, 0.15) is 25.8 Å². The summed E-state index contributed by atoms with van der Waals surface area (Å²) in [5.41, 5.74) is 0.986. The molecule has 0 aliphatic rings. The minimum atomic E-state index is -0.519. The summed E-state index contributed by atoms with van der Waals surface area (Å²) in [5, 5.41) is 0.633. The summed E-state index contributed by atoms with van der Waals surface area (Å²) in [4.78, 5) is 22.7. The fraction of sp³-hybridized carbons (Fsp3) is 0.286.